The molecule has 180 valence electrons. The van der Waals surface area contributed by atoms with E-state index in [9.17, 15) is 14.0 Å². The lowest BCUT2D eigenvalue weighted by Gasteiger charge is -2.37. The van der Waals surface area contributed by atoms with Crippen molar-refractivity contribution >= 4 is 23.2 Å². The highest BCUT2D eigenvalue weighted by molar-refractivity contribution is 6.01. The van der Waals surface area contributed by atoms with Gasteiger partial charge in [0.05, 0.1) is 12.2 Å². The number of hydrogen-bond donors (Lipinski definition) is 0. The van der Waals surface area contributed by atoms with E-state index in [-0.39, 0.29) is 30.8 Å². The quantitative estimate of drug-likeness (QED) is 0.566. The van der Waals surface area contributed by atoms with E-state index in [2.05, 4.69) is 36.9 Å². The maximum atomic E-state index is 13.4. The first-order chi connectivity index (χ1) is 16.9. The molecule has 35 heavy (non-hydrogen) atoms. The molecule has 7 heteroatoms. The average molecular weight is 474 g/mol. The van der Waals surface area contributed by atoms with Crippen LogP contribution in [0.25, 0.3) is 0 Å². The van der Waals surface area contributed by atoms with Crippen LogP contribution in [0.1, 0.15) is 27.0 Å². The number of halogens is 1. The van der Waals surface area contributed by atoms with Crippen molar-refractivity contribution in [1.29, 1.82) is 0 Å². The first kappa shape index (κ1) is 22.9. The van der Waals surface area contributed by atoms with Crippen LogP contribution in [0.5, 0.6) is 5.75 Å². The van der Waals surface area contributed by atoms with Gasteiger partial charge >= 0.3 is 0 Å². The van der Waals surface area contributed by atoms with Gasteiger partial charge in [-0.25, -0.2) is 4.39 Å². The third kappa shape index (κ3) is 4.71. The Morgan fingerprint density at radius 2 is 1.66 bits per heavy atom. The summed E-state index contributed by atoms with van der Waals surface area (Å²) in [6.45, 7) is 7.19. The summed E-state index contributed by atoms with van der Waals surface area (Å²) >= 11 is 0. The Labute approximate surface area is 204 Å². The minimum absolute atomic E-state index is 0.0619. The largest absolute Gasteiger partial charge is 0.482 e. The monoisotopic (exact) mass is 473 g/mol. The van der Waals surface area contributed by atoms with E-state index >= 15 is 0 Å². The molecule has 5 rings (SSSR count). The number of carbonyl (C=O) groups is 2. The molecular formula is C28H28FN3O3. The predicted molar refractivity (Wildman–Crippen MR) is 134 cm³/mol. The lowest BCUT2D eigenvalue weighted by Crippen LogP contribution is -2.49. The van der Waals surface area contributed by atoms with Crippen molar-refractivity contribution in [3.8, 4) is 5.75 Å². The highest BCUT2D eigenvalue weighted by atomic mass is 19.1. The van der Waals surface area contributed by atoms with Gasteiger partial charge in [-0.3, -0.25) is 9.59 Å². The van der Waals surface area contributed by atoms with Crippen molar-refractivity contribution in [2.45, 2.75) is 20.4 Å². The third-order valence-electron chi connectivity index (χ3n) is 6.68. The zero-order valence-electron chi connectivity index (χ0n) is 20.0. The second-order valence-corrected chi connectivity index (χ2v) is 9.15. The van der Waals surface area contributed by atoms with Crippen LogP contribution < -0.4 is 14.5 Å². The Morgan fingerprint density at radius 1 is 0.914 bits per heavy atom. The highest BCUT2D eigenvalue weighted by Gasteiger charge is 2.29. The minimum Gasteiger partial charge on any atom is -0.482 e. The van der Waals surface area contributed by atoms with Crippen molar-refractivity contribution in [3.05, 3.63) is 88.7 Å². The fourth-order valence-electron chi connectivity index (χ4n) is 4.67. The Balaban J connectivity index is 1.32. The molecule has 0 unspecified atom stereocenters. The van der Waals surface area contributed by atoms with Crippen LogP contribution in [-0.2, 0) is 11.3 Å². The number of hydrogen-bond acceptors (Lipinski definition) is 4. The average Bonchev–Trinajstić information content (AvgIpc) is 2.88. The zero-order valence-corrected chi connectivity index (χ0v) is 20.0. The van der Waals surface area contributed by atoms with Crippen LogP contribution in [-0.4, -0.2) is 49.5 Å². The molecule has 6 nitrogen and oxygen atoms in total. The van der Waals surface area contributed by atoms with Gasteiger partial charge in [-0.05, 0) is 66.9 Å². The molecule has 0 atom stereocenters. The van der Waals surface area contributed by atoms with Crippen LogP contribution in [0.2, 0.25) is 0 Å². The van der Waals surface area contributed by atoms with Crippen LogP contribution in [0, 0.1) is 19.7 Å². The van der Waals surface area contributed by atoms with Crippen molar-refractivity contribution in [2.75, 3.05) is 42.6 Å². The summed E-state index contributed by atoms with van der Waals surface area (Å²) in [5.74, 6) is -0.0299. The van der Waals surface area contributed by atoms with E-state index in [0.29, 0.717) is 30.1 Å². The number of amides is 2. The molecule has 0 radical (unpaired) electrons. The molecule has 1 saturated heterocycles. The van der Waals surface area contributed by atoms with Gasteiger partial charge in [0.1, 0.15) is 11.6 Å². The maximum absolute atomic E-state index is 13.4. The van der Waals surface area contributed by atoms with Gasteiger partial charge in [-0.1, -0.05) is 24.3 Å². The predicted octanol–water partition coefficient (Wildman–Crippen LogP) is 4.33. The second kappa shape index (κ2) is 9.41. The summed E-state index contributed by atoms with van der Waals surface area (Å²) in [4.78, 5) is 31.8. The first-order valence-corrected chi connectivity index (χ1v) is 11.8. The lowest BCUT2D eigenvalue weighted by atomic mass is 10.1. The number of fused-ring (bicyclic) bond motifs is 1. The molecular weight excluding hydrogens is 445 g/mol. The number of anilines is 2. The number of rotatable bonds is 4. The molecule has 1 fully saturated rings. The van der Waals surface area contributed by atoms with Crippen LogP contribution in [0.4, 0.5) is 15.8 Å². The van der Waals surface area contributed by atoms with Crippen LogP contribution in [0.3, 0.4) is 0 Å². The molecule has 0 bridgehead atoms. The summed E-state index contributed by atoms with van der Waals surface area (Å²) in [6.07, 6.45) is 0. The number of nitrogens with zero attached hydrogens (tertiary/aromatic N) is 3. The molecule has 0 aliphatic carbocycles. The molecule has 3 aromatic rings. The van der Waals surface area contributed by atoms with Crippen molar-refractivity contribution in [1.82, 2.24) is 4.90 Å². The lowest BCUT2D eigenvalue weighted by molar-refractivity contribution is -0.121. The Hall–Kier alpha value is -3.87. The number of benzene rings is 3. The topological polar surface area (TPSA) is 53.1 Å². The van der Waals surface area contributed by atoms with E-state index in [1.807, 2.05) is 4.90 Å². The molecule has 0 saturated carbocycles. The van der Waals surface area contributed by atoms with Crippen molar-refractivity contribution in [2.24, 2.45) is 0 Å². The number of piperazine rings is 1. The fraction of sp³-hybridized carbons (Fsp3) is 0.286. The van der Waals surface area contributed by atoms with E-state index in [1.54, 1.807) is 35.2 Å². The van der Waals surface area contributed by atoms with Gasteiger partial charge in [0.2, 0.25) is 0 Å². The first-order valence-electron chi connectivity index (χ1n) is 11.8. The summed E-state index contributed by atoms with van der Waals surface area (Å²) in [6, 6.07) is 17.7. The molecule has 2 aliphatic heterocycles. The molecule has 3 aromatic carbocycles. The minimum atomic E-state index is -0.326. The molecule has 2 amide bonds. The van der Waals surface area contributed by atoms with Crippen LogP contribution in [0.15, 0.2) is 60.7 Å². The van der Waals surface area contributed by atoms with Gasteiger partial charge in [0.25, 0.3) is 11.8 Å². The number of aryl methyl sites for hydroxylation is 2. The molecule has 2 heterocycles. The van der Waals surface area contributed by atoms with Gasteiger partial charge in [0, 0.05) is 37.4 Å². The Bertz CT molecular complexity index is 1270. The Kier molecular flexibility index (Phi) is 6.16. The van der Waals surface area contributed by atoms with Gasteiger partial charge in [-0.15, -0.1) is 0 Å². The second-order valence-electron chi connectivity index (χ2n) is 9.15. The van der Waals surface area contributed by atoms with Crippen molar-refractivity contribution < 1.29 is 18.7 Å². The summed E-state index contributed by atoms with van der Waals surface area (Å²) < 4.78 is 18.9. The molecule has 2 aliphatic rings. The maximum Gasteiger partial charge on any atom is 0.265 e. The molecule has 0 spiro atoms. The smallest absolute Gasteiger partial charge is 0.265 e. The molecule has 0 aromatic heterocycles. The summed E-state index contributed by atoms with van der Waals surface area (Å²) in [7, 11) is 0. The highest BCUT2D eigenvalue weighted by Crippen LogP contribution is 2.34. The number of carbonyl (C=O) groups excluding carboxylic acids is 2. The fourth-order valence-corrected chi connectivity index (χ4v) is 4.67. The third-order valence-corrected chi connectivity index (χ3v) is 6.68. The van der Waals surface area contributed by atoms with Crippen LogP contribution >= 0.6 is 0 Å². The van der Waals surface area contributed by atoms with E-state index in [1.165, 1.54) is 28.9 Å². The standard InChI is InChI=1S/C28H28FN3O3/c1-19-3-4-20(2)24(15-19)30-11-13-31(14-12-30)28(34)22-7-10-26-25(16-22)32(27(33)18-35-26)17-21-5-8-23(29)9-6-21/h3-10,15-16H,11-14,17-18H2,1-2H3. The summed E-state index contributed by atoms with van der Waals surface area (Å²) in [5.41, 5.74) is 5.55. The molecule has 0 N–H and O–H groups in total. The number of ether oxygens (including phenoxy) is 1. The normalized spacial score (nSPS) is 15.6. The van der Waals surface area contributed by atoms with Crippen molar-refractivity contribution in [3.63, 3.8) is 0 Å². The summed E-state index contributed by atoms with van der Waals surface area (Å²) in [5, 5.41) is 0. The van der Waals surface area contributed by atoms with Gasteiger partial charge in [-0.2, -0.15) is 0 Å². The van der Waals surface area contributed by atoms with E-state index in [0.717, 1.165) is 18.7 Å². The van der Waals surface area contributed by atoms with E-state index in [4.69, 9.17) is 4.74 Å². The Morgan fingerprint density at radius 3 is 2.40 bits per heavy atom. The SMILES string of the molecule is Cc1ccc(C)c(N2CCN(C(=O)c3ccc4c(c3)N(Cc3ccc(F)cc3)C(=O)CO4)CC2)c1. The zero-order chi connectivity index (χ0) is 24.5. The van der Waals surface area contributed by atoms with E-state index < -0.39 is 0 Å². The van der Waals surface area contributed by atoms with Gasteiger partial charge in [0.15, 0.2) is 6.61 Å². The van der Waals surface area contributed by atoms with Gasteiger partial charge < -0.3 is 19.4 Å².